The number of ether oxygens (including phenoxy) is 2. The fourth-order valence-corrected chi connectivity index (χ4v) is 5.00. The number of carbonyl (C=O) groups is 2. The van der Waals surface area contributed by atoms with E-state index in [1.165, 1.54) is 12.8 Å². The van der Waals surface area contributed by atoms with Crippen molar-refractivity contribution < 1.29 is 27.8 Å². The standard InChI is InChI=1S/C26H29F2N5O4/c1-14(2)37-22-8-19-18(7-20(22)23(29)34)21(15-10-31-33(12-15)17-5-3-4-6-17)11-30-24(19)36-13-16-9-26(27,28)25(35)32-16/h7-8,10-12,14,16-17H,3-6,9,13H2,1-2H3,(H2,29,34)(H,32,35). The minimum Gasteiger partial charge on any atom is -0.490 e. The number of primary amides is 1. The predicted molar refractivity (Wildman–Crippen MR) is 132 cm³/mol. The van der Waals surface area contributed by atoms with Gasteiger partial charge in [-0.15, -0.1) is 0 Å². The topological polar surface area (TPSA) is 121 Å². The first kappa shape index (κ1) is 24.9. The molecule has 0 spiro atoms. The summed E-state index contributed by atoms with van der Waals surface area (Å²) in [6.45, 7) is 3.45. The average molecular weight is 514 g/mol. The lowest BCUT2D eigenvalue weighted by Crippen LogP contribution is -2.33. The highest BCUT2D eigenvalue weighted by molar-refractivity contribution is 6.06. The molecule has 0 radical (unpaired) electrons. The largest absolute Gasteiger partial charge is 0.490 e. The molecular formula is C26H29F2N5O4. The molecule has 3 heterocycles. The van der Waals surface area contributed by atoms with Crippen LogP contribution >= 0.6 is 0 Å². The molecule has 2 aliphatic rings. The number of pyridine rings is 1. The second kappa shape index (κ2) is 9.60. The number of alkyl halides is 2. The van der Waals surface area contributed by atoms with Gasteiger partial charge in [0.25, 0.3) is 11.8 Å². The van der Waals surface area contributed by atoms with Gasteiger partial charge in [0.2, 0.25) is 5.88 Å². The van der Waals surface area contributed by atoms with Crippen LogP contribution in [0.5, 0.6) is 11.6 Å². The van der Waals surface area contributed by atoms with Crippen molar-refractivity contribution in [3.8, 4) is 22.8 Å². The van der Waals surface area contributed by atoms with Gasteiger partial charge in [0, 0.05) is 35.3 Å². The molecule has 5 rings (SSSR count). The Morgan fingerprint density at radius 3 is 2.65 bits per heavy atom. The molecule has 196 valence electrons. The van der Waals surface area contributed by atoms with Crippen LogP contribution in [0.4, 0.5) is 8.78 Å². The molecule has 1 atom stereocenters. The maximum absolute atomic E-state index is 13.7. The van der Waals surface area contributed by atoms with E-state index >= 15 is 0 Å². The van der Waals surface area contributed by atoms with Gasteiger partial charge < -0.3 is 20.5 Å². The van der Waals surface area contributed by atoms with Crippen LogP contribution in [0.15, 0.2) is 30.7 Å². The Balaban J connectivity index is 1.56. The predicted octanol–water partition coefficient (Wildman–Crippen LogP) is 4.00. The van der Waals surface area contributed by atoms with Gasteiger partial charge in [0.15, 0.2) is 0 Å². The van der Waals surface area contributed by atoms with Crippen molar-refractivity contribution in [2.24, 2.45) is 5.73 Å². The molecule has 2 amide bonds. The number of hydrogen-bond donors (Lipinski definition) is 2. The summed E-state index contributed by atoms with van der Waals surface area (Å²) in [5.41, 5.74) is 7.41. The summed E-state index contributed by atoms with van der Waals surface area (Å²) in [6.07, 6.45) is 8.92. The number of nitrogens with zero attached hydrogens (tertiary/aromatic N) is 3. The number of nitrogens with one attached hydrogen (secondary N) is 1. The average Bonchev–Trinajstić information content (AvgIpc) is 3.57. The molecule has 2 fully saturated rings. The summed E-state index contributed by atoms with van der Waals surface area (Å²) in [4.78, 5) is 28.3. The molecule has 11 heteroatoms. The minimum absolute atomic E-state index is 0.163. The van der Waals surface area contributed by atoms with E-state index < -0.39 is 30.2 Å². The number of fused-ring (bicyclic) bond motifs is 1. The van der Waals surface area contributed by atoms with Crippen LogP contribution in [-0.2, 0) is 4.79 Å². The van der Waals surface area contributed by atoms with E-state index in [-0.39, 0.29) is 29.9 Å². The lowest BCUT2D eigenvalue weighted by atomic mass is 9.99. The number of nitrogens with two attached hydrogens (primary N) is 1. The highest BCUT2D eigenvalue weighted by Crippen LogP contribution is 2.38. The molecule has 1 aliphatic carbocycles. The summed E-state index contributed by atoms with van der Waals surface area (Å²) in [5, 5.41) is 7.95. The third-order valence-electron chi connectivity index (χ3n) is 6.78. The highest BCUT2D eigenvalue weighted by Gasteiger charge is 2.48. The molecule has 0 bridgehead atoms. The van der Waals surface area contributed by atoms with Gasteiger partial charge in [0.05, 0.1) is 29.9 Å². The normalized spacial score (nSPS) is 19.5. The van der Waals surface area contributed by atoms with E-state index in [0.717, 1.165) is 18.4 Å². The first-order chi connectivity index (χ1) is 17.6. The SMILES string of the molecule is CC(C)Oc1cc2c(OCC3CC(F)(F)C(=O)N3)ncc(-c3cnn(C4CCCC4)c3)c2cc1C(N)=O. The summed E-state index contributed by atoms with van der Waals surface area (Å²) >= 11 is 0. The van der Waals surface area contributed by atoms with Crippen molar-refractivity contribution in [3.63, 3.8) is 0 Å². The highest BCUT2D eigenvalue weighted by atomic mass is 19.3. The van der Waals surface area contributed by atoms with Crippen molar-refractivity contribution in [3.05, 3.63) is 36.3 Å². The Morgan fingerprint density at radius 2 is 2.00 bits per heavy atom. The Kier molecular flexibility index (Phi) is 6.47. The first-order valence-corrected chi connectivity index (χ1v) is 12.4. The Bertz CT molecular complexity index is 1350. The fourth-order valence-electron chi connectivity index (χ4n) is 5.00. The van der Waals surface area contributed by atoms with E-state index in [1.54, 1.807) is 24.5 Å². The molecule has 37 heavy (non-hydrogen) atoms. The van der Waals surface area contributed by atoms with Crippen LogP contribution in [-0.4, -0.2) is 51.3 Å². The van der Waals surface area contributed by atoms with Crippen molar-refractivity contribution in [1.29, 1.82) is 0 Å². The molecule has 2 aromatic heterocycles. The number of rotatable bonds is 8. The number of benzene rings is 1. The number of carbonyl (C=O) groups excluding carboxylic acids is 2. The van der Waals surface area contributed by atoms with Gasteiger partial charge in [-0.05, 0) is 44.2 Å². The molecule has 3 N–H and O–H groups in total. The zero-order valence-electron chi connectivity index (χ0n) is 20.7. The van der Waals surface area contributed by atoms with Crippen LogP contribution in [0.1, 0.15) is 62.4 Å². The van der Waals surface area contributed by atoms with E-state index in [1.807, 2.05) is 24.7 Å². The molecular weight excluding hydrogens is 484 g/mol. The summed E-state index contributed by atoms with van der Waals surface area (Å²) in [7, 11) is 0. The summed E-state index contributed by atoms with van der Waals surface area (Å²) in [5.74, 6) is -4.97. The summed E-state index contributed by atoms with van der Waals surface area (Å²) < 4.78 is 41.0. The maximum Gasteiger partial charge on any atom is 0.326 e. The van der Waals surface area contributed by atoms with Crippen LogP contribution in [0.25, 0.3) is 21.9 Å². The van der Waals surface area contributed by atoms with Crippen LogP contribution in [0, 0.1) is 0 Å². The fraction of sp³-hybridized carbons (Fsp3) is 0.462. The van der Waals surface area contributed by atoms with Gasteiger partial charge in [-0.25, -0.2) is 4.98 Å². The number of hydrogen-bond acceptors (Lipinski definition) is 6. The lowest BCUT2D eigenvalue weighted by Gasteiger charge is -2.18. The molecule has 1 unspecified atom stereocenters. The van der Waals surface area contributed by atoms with E-state index in [0.29, 0.717) is 22.4 Å². The van der Waals surface area contributed by atoms with Crippen LogP contribution in [0.2, 0.25) is 0 Å². The van der Waals surface area contributed by atoms with E-state index in [9.17, 15) is 18.4 Å². The van der Waals surface area contributed by atoms with Crippen molar-refractivity contribution in [2.45, 2.75) is 70.1 Å². The molecule has 1 aromatic carbocycles. The number of aromatic nitrogens is 3. The first-order valence-electron chi connectivity index (χ1n) is 12.4. The van der Waals surface area contributed by atoms with E-state index in [4.69, 9.17) is 15.2 Å². The van der Waals surface area contributed by atoms with Gasteiger partial charge in [-0.3, -0.25) is 14.3 Å². The smallest absolute Gasteiger partial charge is 0.326 e. The molecule has 9 nitrogen and oxygen atoms in total. The van der Waals surface area contributed by atoms with Gasteiger partial charge in [-0.2, -0.15) is 13.9 Å². The minimum atomic E-state index is -3.43. The Hall–Kier alpha value is -3.76. The van der Waals surface area contributed by atoms with Gasteiger partial charge in [0.1, 0.15) is 12.4 Å². The maximum atomic E-state index is 13.7. The Labute approximate surface area is 212 Å². The van der Waals surface area contributed by atoms with Crippen LogP contribution in [0.3, 0.4) is 0 Å². The number of halogens is 2. The Morgan fingerprint density at radius 1 is 1.24 bits per heavy atom. The monoisotopic (exact) mass is 513 g/mol. The van der Waals surface area contributed by atoms with Crippen molar-refractivity contribution in [2.75, 3.05) is 6.61 Å². The quantitative estimate of drug-likeness (QED) is 0.470. The molecule has 1 aliphatic heterocycles. The number of amides is 2. The van der Waals surface area contributed by atoms with Crippen molar-refractivity contribution in [1.82, 2.24) is 20.1 Å². The third kappa shape index (κ3) is 4.94. The van der Waals surface area contributed by atoms with E-state index in [2.05, 4.69) is 15.4 Å². The molecule has 3 aromatic rings. The van der Waals surface area contributed by atoms with Gasteiger partial charge in [-0.1, -0.05) is 12.8 Å². The second-order valence-corrected chi connectivity index (χ2v) is 9.94. The molecule has 1 saturated carbocycles. The zero-order chi connectivity index (χ0) is 26.3. The third-order valence-corrected chi connectivity index (χ3v) is 6.78. The summed E-state index contributed by atoms with van der Waals surface area (Å²) in [6, 6.07) is 2.75. The zero-order valence-corrected chi connectivity index (χ0v) is 20.7. The lowest BCUT2D eigenvalue weighted by molar-refractivity contribution is -0.139. The van der Waals surface area contributed by atoms with Crippen molar-refractivity contribution >= 4 is 22.6 Å². The van der Waals surface area contributed by atoms with Crippen LogP contribution < -0.4 is 20.5 Å². The molecule has 1 saturated heterocycles. The second-order valence-electron chi connectivity index (χ2n) is 9.94. The van der Waals surface area contributed by atoms with Gasteiger partial charge >= 0.3 is 5.92 Å².